The standard InChI is InChI=1S/C19H25ClN2O3/c1-19(2,3)25-18(23)22-10-5-7-15(13-22)17(24-11-9-21)14-6-4-8-16(20)12-14/h4,6,8,12,15,17H,5,7,10-11,13H2,1-3H3/t15?,17-/m0/s1. The van der Waals surface area contributed by atoms with Gasteiger partial charge in [-0.1, -0.05) is 23.7 Å². The minimum Gasteiger partial charge on any atom is -0.444 e. The molecule has 0 aromatic heterocycles. The number of ether oxygens (including phenoxy) is 2. The number of nitriles is 1. The van der Waals surface area contributed by atoms with Crippen LogP contribution in [0, 0.1) is 17.2 Å². The molecule has 0 aliphatic carbocycles. The molecule has 6 heteroatoms. The van der Waals surface area contributed by atoms with E-state index in [1.807, 2.05) is 45.0 Å². The molecule has 2 rings (SSSR count). The SMILES string of the molecule is CC(C)(C)OC(=O)N1CCCC([C@@H](OCC#N)c2cccc(Cl)c2)C1. The number of likely N-dealkylation sites (tertiary alicyclic amines) is 1. The van der Waals surface area contributed by atoms with Crippen molar-refractivity contribution in [3.63, 3.8) is 0 Å². The van der Waals surface area contributed by atoms with E-state index >= 15 is 0 Å². The van der Waals surface area contributed by atoms with Crippen molar-refractivity contribution < 1.29 is 14.3 Å². The molecule has 25 heavy (non-hydrogen) atoms. The maximum Gasteiger partial charge on any atom is 0.410 e. The topological polar surface area (TPSA) is 62.6 Å². The van der Waals surface area contributed by atoms with E-state index in [9.17, 15) is 4.79 Å². The number of benzene rings is 1. The van der Waals surface area contributed by atoms with Crippen LogP contribution in [-0.4, -0.2) is 36.3 Å². The highest BCUT2D eigenvalue weighted by Crippen LogP contribution is 2.34. The van der Waals surface area contributed by atoms with Gasteiger partial charge in [0.15, 0.2) is 0 Å². The third-order valence-electron chi connectivity index (χ3n) is 4.04. The smallest absolute Gasteiger partial charge is 0.410 e. The first-order valence-electron chi connectivity index (χ1n) is 8.52. The van der Waals surface area contributed by atoms with Gasteiger partial charge in [0.1, 0.15) is 12.2 Å². The molecule has 5 nitrogen and oxygen atoms in total. The lowest BCUT2D eigenvalue weighted by Gasteiger charge is -2.37. The Labute approximate surface area is 154 Å². The van der Waals surface area contributed by atoms with E-state index in [0.29, 0.717) is 18.1 Å². The Balaban J connectivity index is 2.14. The van der Waals surface area contributed by atoms with Crippen LogP contribution in [0.15, 0.2) is 24.3 Å². The van der Waals surface area contributed by atoms with Crippen LogP contribution in [0.3, 0.4) is 0 Å². The normalized spacial score (nSPS) is 19.2. The molecule has 1 fully saturated rings. The van der Waals surface area contributed by atoms with Crippen molar-refractivity contribution in [1.29, 1.82) is 5.26 Å². The molecule has 1 unspecified atom stereocenters. The number of rotatable bonds is 4. The van der Waals surface area contributed by atoms with Gasteiger partial charge in [-0.2, -0.15) is 5.26 Å². The van der Waals surface area contributed by atoms with Crippen molar-refractivity contribution in [2.45, 2.75) is 45.3 Å². The number of hydrogen-bond donors (Lipinski definition) is 0. The van der Waals surface area contributed by atoms with Gasteiger partial charge in [0.25, 0.3) is 0 Å². The average Bonchev–Trinajstić information content (AvgIpc) is 2.54. The monoisotopic (exact) mass is 364 g/mol. The third-order valence-corrected chi connectivity index (χ3v) is 4.28. The Bertz CT molecular complexity index is 636. The highest BCUT2D eigenvalue weighted by atomic mass is 35.5. The van der Waals surface area contributed by atoms with Gasteiger partial charge in [-0.3, -0.25) is 0 Å². The van der Waals surface area contributed by atoms with Gasteiger partial charge in [0.2, 0.25) is 0 Å². The number of piperidine rings is 1. The zero-order valence-electron chi connectivity index (χ0n) is 15.0. The fourth-order valence-electron chi connectivity index (χ4n) is 3.06. The van der Waals surface area contributed by atoms with Crippen molar-refractivity contribution in [2.24, 2.45) is 5.92 Å². The highest BCUT2D eigenvalue weighted by Gasteiger charge is 2.33. The van der Waals surface area contributed by atoms with Gasteiger partial charge < -0.3 is 14.4 Å². The molecule has 1 aromatic carbocycles. The van der Waals surface area contributed by atoms with Crippen LogP contribution in [0.1, 0.15) is 45.3 Å². The Morgan fingerprint density at radius 2 is 2.24 bits per heavy atom. The van der Waals surface area contributed by atoms with E-state index in [1.54, 1.807) is 11.0 Å². The van der Waals surface area contributed by atoms with Crippen LogP contribution in [0.2, 0.25) is 5.02 Å². The van der Waals surface area contributed by atoms with E-state index in [1.165, 1.54) is 0 Å². The molecule has 1 heterocycles. The van der Waals surface area contributed by atoms with Gasteiger partial charge in [0.05, 0.1) is 12.2 Å². The molecule has 1 amide bonds. The lowest BCUT2D eigenvalue weighted by molar-refractivity contribution is -0.0165. The Morgan fingerprint density at radius 1 is 1.48 bits per heavy atom. The molecule has 136 valence electrons. The summed E-state index contributed by atoms with van der Waals surface area (Å²) in [5.74, 6) is 0.0908. The van der Waals surface area contributed by atoms with Crippen LogP contribution in [-0.2, 0) is 9.47 Å². The van der Waals surface area contributed by atoms with Gasteiger partial charge in [0, 0.05) is 24.0 Å². The maximum absolute atomic E-state index is 12.4. The van der Waals surface area contributed by atoms with Crippen LogP contribution < -0.4 is 0 Å². The Hall–Kier alpha value is -1.77. The molecule has 1 aliphatic rings. The summed E-state index contributed by atoms with van der Waals surface area (Å²) < 4.78 is 11.3. The Morgan fingerprint density at radius 3 is 2.88 bits per heavy atom. The number of nitrogens with zero attached hydrogens (tertiary/aromatic N) is 2. The maximum atomic E-state index is 12.4. The largest absolute Gasteiger partial charge is 0.444 e. The van der Waals surface area contributed by atoms with Crippen LogP contribution >= 0.6 is 11.6 Å². The van der Waals surface area contributed by atoms with E-state index in [2.05, 4.69) is 0 Å². The van der Waals surface area contributed by atoms with Gasteiger partial charge in [-0.15, -0.1) is 0 Å². The molecule has 1 aliphatic heterocycles. The third kappa shape index (κ3) is 5.91. The summed E-state index contributed by atoms with van der Waals surface area (Å²) in [6, 6.07) is 9.50. The summed E-state index contributed by atoms with van der Waals surface area (Å²) in [5, 5.41) is 9.52. The second-order valence-corrected chi connectivity index (χ2v) is 7.71. The molecule has 0 saturated carbocycles. The predicted octanol–water partition coefficient (Wildman–Crippen LogP) is 4.57. The van der Waals surface area contributed by atoms with E-state index < -0.39 is 5.60 Å². The minimum absolute atomic E-state index is 0.000117. The molecule has 0 radical (unpaired) electrons. The van der Waals surface area contributed by atoms with Crippen LogP contribution in [0.25, 0.3) is 0 Å². The molecule has 2 atom stereocenters. The average molecular weight is 365 g/mol. The highest BCUT2D eigenvalue weighted by molar-refractivity contribution is 6.30. The first-order valence-corrected chi connectivity index (χ1v) is 8.90. The number of carbonyl (C=O) groups excluding carboxylic acids is 1. The van der Waals surface area contributed by atoms with Crippen molar-refractivity contribution in [1.82, 2.24) is 4.90 Å². The van der Waals surface area contributed by atoms with E-state index in [4.69, 9.17) is 26.3 Å². The van der Waals surface area contributed by atoms with Gasteiger partial charge in [-0.25, -0.2) is 4.79 Å². The van der Waals surface area contributed by atoms with Crippen LogP contribution in [0.4, 0.5) is 4.79 Å². The molecule has 1 aromatic rings. The zero-order valence-corrected chi connectivity index (χ0v) is 15.8. The minimum atomic E-state index is -0.520. The Kier molecular flexibility index (Phi) is 6.69. The lowest BCUT2D eigenvalue weighted by Crippen LogP contribution is -2.44. The number of halogens is 1. The first-order chi connectivity index (χ1) is 11.8. The molecule has 0 bridgehead atoms. The number of hydrogen-bond acceptors (Lipinski definition) is 4. The summed E-state index contributed by atoms with van der Waals surface area (Å²) in [7, 11) is 0. The molecule has 1 saturated heterocycles. The summed E-state index contributed by atoms with van der Waals surface area (Å²) in [4.78, 5) is 14.1. The van der Waals surface area contributed by atoms with Crippen molar-refractivity contribution in [3.05, 3.63) is 34.9 Å². The fraction of sp³-hybridized carbons (Fsp3) is 0.579. The molecular weight excluding hydrogens is 340 g/mol. The second-order valence-electron chi connectivity index (χ2n) is 7.27. The molecular formula is C19H25ClN2O3. The summed E-state index contributed by atoms with van der Waals surface area (Å²) >= 11 is 6.11. The van der Waals surface area contributed by atoms with Gasteiger partial charge in [-0.05, 0) is 51.3 Å². The summed E-state index contributed by atoms with van der Waals surface area (Å²) in [5.41, 5.74) is 0.409. The predicted molar refractivity (Wildman–Crippen MR) is 96.3 cm³/mol. The van der Waals surface area contributed by atoms with Crippen molar-refractivity contribution in [2.75, 3.05) is 19.7 Å². The second kappa shape index (κ2) is 8.55. The number of amides is 1. The fourth-order valence-corrected chi connectivity index (χ4v) is 3.26. The number of carbonyl (C=O) groups is 1. The molecule has 0 spiro atoms. The zero-order chi connectivity index (χ0) is 18.4. The summed E-state index contributed by atoms with van der Waals surface area (Å²) in [6.45, 7) is 6.79. The van der Waals surface area contributed by atoms with Crippen molar-refractivity contribution in [3.8, 4) is 6.07 Å². The van der Waals surface area contributed by atoms with Crippen LogP contribution in [0.5, 0.6) is 0 Å². The van der Waals surface area contributed by atoms with E-state index in [-0.39, 0.29) is 24.7 Å². The van der Waals surface area contributed by atoms with Gasteiger partial charge >= 0.3 is 6.09 Å². The van der Waals surface area contributed by atoms with E-state index in [0.717, 1.165) is 18.4 Å². The quantitative estimate of drug-likeness (QED) is 0.785. The van der Waals surface area contributed by atoms with Crippen molar-refractivity contribution >= 4 is 17.7 Å². The first kappa shape index (κ1) is 19.6. The molecule has 0 N–H and O–H groups in total. The lowest BCUT2D eigenvalue weighted by atomic mass is 9.88. The summed E-state index contributed by atoms with van der Waals surface area (Å²) in [6.07, 6.45) is 1.21.